The lowest BCUT2D eigenvalue weighted by Crippen LogP contribution is -2.42. The van der Waals surface area contributed by atoms with Crippen molar-refractivity contribution in [3.8, 4) is 0 Å². The summed E-state index contributed by atoms with van der Waals surface area (Å²) in [7, 11) is -3.35. The predicted molar refractivity (Wildman–Crippen MR) is 111 cm³/mol. The van der Waals surface area contributed by atoms with E-state index in [-0.39, 0.29) is 24.3 Å². The zero-order valence-electron chi connectivity index (χ0n) is 16.9. The Balaban J connectivity index is 1.58. The minimum atomic E-state index is -3.35. The Morgan fingerprint density at radius 2 is 1.77 bits per heavy atom. The summed E-state index contributed by atoms with van der Waals surface area (Å²) in [5.74, 6) is -0.261. The molecule has 3 heterocycles. The van der Waals surface area contributed by atoms with Crippen LogP contribution >= 0.6 is 0 Å². The van der Waals surface area contributed by atoms with Crippen molar-refractivity contribution in [2.24, 2.45) is 0 Å². The number of benzene rings is 1. The van der Waals surface area contributed by atoms with Crippen LogP contribution in [0, 0.1) is 20.8 Å². The number of furan rings is 1. The number of aliphatic hydroxyl groups is 1. The molecule has 1 amide bonds. The minimum Gasteiger partial charge on any atom is -0.461 e. The van der Waals surface area contributed by atoms with Crippen molar-refractivity contribution in [2.75, 3.05) is 11.5 Å². The Hall–Kier alpha value is -2.65. The maximum atomic E-state index is 12.5. The molecule has 160 valence electrons. The summed E-state index contributed by atoms with van der Waals surface area (Å²) in [6, 6.07) is 2.81. The van der Waals surface area contributed by atoms with Crippen LogP contribution in [0.5, 0.6) is 0 Å². The van der Waals surface area contributed by atoms with Gasteiger partial charge in [0, 0.05) is 28.8 Å². The molecule has 0 saturated carbocycles. The highest BCUT2D eigenvalue weighted by Crippen LogP contribution is 2.31. The summed E-state index contributed by atoms with van der Waals surface area (Å²) in [5, 5.41) is 14.1. The third kappa shape index (κ3) is 3.63. The van der Waals surface area contributed by atoms with E-state index in [1.54, 1.807) is 6.07 Å². The first kappa shape index (κ1) is 20.6. The SMILES string of the molecule is Cc1oc2cc3oc(=O)c(CCC(=O)N[C@@H]4CS(=O)(=O)C[C@@H]4O)c(C)c3cc2c1C. The van der Waals surface area contributed by atoms with Crippen LogP contribution in [0.2, 0.25) is 0 Å². The number of sulfone groups is 1. The first-order valence-corrected chi connectivity index (χ1v) is 11.5. The number of carbonyl (C=O) groups is 1. The Labute approximate surface area is 172 Å². The second-order valence-electron chi connectivity index (χ2n) is 7.94. The van der Waals surface area contributed by atoms with E-state index in [9.17, 15) is 23.1 Å². The molecule has 0 aliphatic carbocycles. The van der Waals surface area contributed by atoms with Gasteiger partial charge >= 0.3 is 5.63 Å². The van der Waals surface area contributed by atoms with Gasteiger partial charge in [-0.25, -0.2) is 13.2 Å². The molecule has 2 atom stereocenters. The molecule has 4 rings (SSSR count). The molecule has 8 nitrogen and oxygen atoms in total. The Bertz CT molecular complexity index is 1330. The maximum Gasteiger partial charge on any atom is 0.339 e. The average molecular weight is 433 g/mol. The molecule has 1 fully saturated rings. The highest BCUT2D eigenvalue weighted by atomic mass is 32.2. The summed E-state index contributed by atoms with van der Waals surface area (Å²) >= 11 is 0. The van der Waals surface area contributed by atoms with Crippen LogP contribution < -0.4 is 10.9 Å². The van der Waals surface area contributed by atoms with Crippen molar-refractivity contribution in [3.05, 3.63) is 45.0 Å². The number of carbonyl (C=O) groups excluding carboxylic acids is 1. The second kappa shape index (κ2) is 7.24. The van der Waals surface area contributed by atoms with Gasteiger partial charge in [0.1, 0.15) is 16.9 Å². The molecule has 0 unspecified atom stereocenters. The van der Waals surface area contributed by atoms with E-state index in [0.717, 1.165) is 27.7 Å². The van der Waals surface area contributed by atoms with Crippen molar-refractivity contribution in [3.63, 3.8) is 0 Å². The quantitative estimate of drug-likeness (QED) is 0.599. The standard InChI is InChI=1S/C21H23NO7S/c1-10-12(3)28-18-7-19-15(6-14(10)18)11(2)13(21(25)29-19)4-5-20(24)22-16-8-30(26,27)9-17(16)23/h6-7,16-17,23H,4-5,8-9H2,1-3H3,(H,22,24)/t16-,17+/m1/s1. The Morgan fingerprint density at radius 3 is 2.43 bits per heavy atom. The number of hydrogen-bond acceptors (Lipinski definition) is 7. The van der Waals surface area contributed by atoms with Gasteiger partial charge in [-0.15, -0.1) is 0 Å². The van der Waals surface area contributed by atoms with Crippen molar-refractivity contribution >= 4 is 37.7 Å². The molecule has 2 N–H and O–H groups in total. The number of fused-ring (bicyclic) bond motifs is 2. The summed E-state index contributed by atoms with van der Waals surface area (Å²) < 4.78 is 34.3. The first-order valence-electron chi connectivity index (χ1n) is 9.69. The van der Waals surface area contributed by atoms with Crippen LogP contribution in [-0.2, 0) is 21.1 Å². The van der Waals surface area contributed by atoms with Crippen LogP contribution in [0.15, 0.2) is 25.8 Å². The van der Waals surface area contributed by atoms with E-state index in [1.807, 2.05) is 26.8 Å². The number of aryl methyl sites for hydroxylation is 3. The molecule has 0 spiro atoms. The number of hydrogen-bond donors (Lipinski definition) is 2. The van der Waals surface area contributed by atoms with E-state index >= 15 is 0 Å². The number of aliphatic hydroxyl groups excluding tert-OH is 1. The minimum absolute atomic E-state index is 0.0214. The molecule has 9 heteroatoms. The highest BCUT2D eigenvalue weighted by Gasteiger charge is 2.37. The van der Waals surface area contributed by atoms with Crippen LogP contribution in [0.1, 0.15) is 28.9 Å². The van der Waals surface area contributed by atoms with E-state index in [0.29, 0.717) is 16.7 Å². The molecule has 1 aromatic carbocycles. The average Bonchev–Trinajstić information content (AvgIpc) is 3.07. The molecule has 1 aliphatic rings. The fraction of sp³-hybridized carbons (Fsp3) is 0.429. The van der Waals surface area contributed by atoms with Crippen LogP contribution in [0.4, 0.5) is 0 Å². The topological polar surface area (TPSA) is 127 Å². The van der Waals surface area contributed by atoms with E-state index in [4.69, 9.17) is 8.83 Å². The summed E-state index contributed by atoms with van der Waals surface area (Å²) in [5.41, 5.74) is 2.70. The lowest BCUT2D eigenvalue weighted by Gasteiger charge is -2.15. The summed E-state index contributed by atoms with van der Waals surface area (Å²) in [6.45, 7) is 5.65. The third-order valence-corrected chi connectivity index (χ3v) is 7.57. The molecule has 2 aromatic heterocycles. The predicted octanol–water partition coefficient (Wildman–Crippen LogP) is 1.67. The fourth-order valence-corrected chi connectivity index (χ4v) is 5.74. The van der Waals surface area contributed by atoms with Crippen molar-refractivity contribution in [2.45, 2.75) is 45.8 Å². The fourth-order valence-electron chi connectivity index (χ4n) is 4.00. The van der Waals surface area contributed by atoms with Gasteiger partial charge in [-0.2, -0.15) is 0 Å². The molecule has 0 bridgehead atoms. The number of amides is 1. The second-order valence-corrected chi connectivity index (χ2v) is 10.1. The maximum absolute atomic E-state index is 12.5. The van der Waals surface area contributed by atoms with Crippen LogP contribution in [0.25, 0.3) is 21.9 Å². The van der Waals surface area contributed by atoms with Gasteiger partial charge in [0.2, 0.25) is 5.91 Å². The van der Waals surface area contributed by atoms with Gasteiger partial charge in [-0.3, -0.25) is 4.79 Å². The lowest BCUT2D eigenvalue weighted by molar-refractivity contribution is -0.122. The molecule has 1 saturated heterocycles. The highest BCUT2D eigenvalue weighted by molar-refractivity contribution is 7.91. The van der Waals surface area contributed by atoms with Gasteiger partial charge in [0.15, 0.2) is 9.84 Å². The molecule has 1 aliphatic heterocycles. The van der Waals surface area contributed by atoms with Gasteiger partial charge < -0.3 is 19.3 Å². The van der Waals surface area contributed by atoms with E-state index < -0.39 is 33.5 Å². The summed E-state index contributed by atoms with van der Waals surface area (Å²) in [4.78, 5) is 24.8. The van der Waals surface area contributed by atoms with Crippen LogP contribution in [-0.4, -0.2) is 43.1 Å². The summed E-state index contributed by atoms with van der Waals surface area (Å²) in [6.07, 6.45) is -0.991. The van der Waals surface area contributed by atoms with Gasteiger partial charge in [0.05, 0.1) is 23.7 Å². The van der Waals surface area contributed by atoms with Gasteiger partial charge in [-0.1, -0.05) is 0 Å². The molecular formula is C21H23NO7S. The first-order chi connectivity index (χ1) is 14.1. The van der Waals surface area contributed by atoms with Gasteiger partial charge in [0.25, 0.3) is 0 Å². The normalized spacial score (nSPS) is 20.8. The zero-order chi connectivity index (χ0) is 21.8. The molecular weight excluding hydrogens is 410 g/mol. The number of nitrogens with one attached hydrogen (secondary N) is 1. The van der Waals surface area contributed by atoms with Gasteiger partial charge in [-0.05, 0) is 44.4 Å². The monoisotopic (exact) mass is 433 g/mol. The largest absolute Gasteiger partial charge is 0.461 e. The van der Waals surface area contributed by atoms with Crippen LogP contribution in [0.3, 0.4) is 0 Å². The van der Waals surface area contributed by atoms with E-state index in [2.05, 4.69) is 5.32 Å². The smallest absolute Gasteiger partial charge is 0.339 e. The zero-order valence-corrected chi connectivity index (χ0v) is 17.8. The molecule has 3 aromatic rings. The number of rotatable bonds is 4. The van der Waals surface area contributed by atoms with Crippen molar-refractivity contribution in [1.29, 1.82) is 0 Å². The molecule has 0 radical (unpaired) electrons. The Kier molecular flexibility index (Phi) is 4.98. The van der Waals surface area contributed by atoms with Crippen molar-refractivity contribution in [1.82, 2.24) is 5.32 Å². The van der Waals surface area contributed by atoms with Crippen molar-refractivity contribution < 1.29 is 27.2 Å². The Morgan fingerprint density at radius 1 is 1.10 bits per heavy atom. The van der Waals surface area contributed by atoms with E-state index in [1.165, 1.54) is 0 Å². The lowest BCUT2D eigenvalue weighted by atomic mass is 10.00. The third-order valence-electron chi connectivity index (χ3n) is 5.85. The molecule has 30 heavy (non-hydrogen) atoms.